The van der Waals surface area contributed by atoms with E-state index < -0.39 is 15.3 Å². The smallest absolute Gasteiger partial charge is 0.254 e. The van der Waals surface area contributed by atoms with Crippen molar-refractivity contribution in [3.05, 3.63) is 35.9 Å². The third-order valence-corrected chi connectivity index (χ3v) is 5.22. The normalized spacial score (nSPS) is 15.5. The Morgan fingerprint density at radius 3 is 2.57 bits per heavy atom. The maximum Gasteiger partial charge on any atom is 0.254 e. The first-order valence-electron chi connectivity index (χ1n) is 7.15. The van der Waals surface area contributed by atoms with Gasteiger partial charge in [-0.25, -0.2) is 18.5 Å². The van der Waals surface area contributed by atoms with Crippen molar-refractivity contribution in [3.63, 3.8) is 0 Å². The molecule has 1 saturated heterocycles. The highest BCUT2D eigenvalue weighted by molar-refractivity contribution is 7.89. The first-order chi connectivity index (χ1) is 10.8. The van der Waals surface area contributed by atoms with Crippen LogP contribution in [0.25, 0.3) is 10.9 Å². The Morgan fingerprint density at radius 2 is 1.96 bits per heavy atom. The number of hydrogen-bond donors (Lipinski definition) is 1. The van der Waals surface area contributed by atoms with Crippen molar-refractivity contribution in [2.75, 3.05) is 32.1 Å². The Balaban J connectivity index is 1.98. The maximum absolute atomic E-state index is 12.7. The summed E-state index contributed by atoms with van der Waals surface area (Å²) in [5.74, 6) is 0.474. The number of hydrogen-bond acceptors (Lipinski definition) is 5. The maximum atomic E-state index is 12.7. The van der Waals surface area contributed by atoms with Crippen molar-refractivity contribution in [2.45, 2.75) is 5.25 Å². The summed E-state index contributed by atoms with van der Waals surface area (Å²) in [5.41, 5.74) is 1.25. The number of carbonyl (C=O) groups is 1. The Morgan fingerprint density at radius 1 is 1.30 bits per heavy atom. The predicted octanol–water partition coefficient (Wildman–Crippen LogP) is 0.414. The minimum Gasteiger partial charge on any atom is -0.363 e. The molecule has 7 nitrogen and oxygen atoms in total. The summed E-state index contributed by atoms with van der Waals surface area (Å²) < 4.78 is 22.6. The molecule has 0 bridgehead atoms. The summed E-state index contributed by atoms with van der Waals surface area (Å²) >= 11 is 0. The lowest BCUT2D eigenvalue weighted by Gasteiger charge is -2.37. The van der Waals surface area contributed by atoms with Crippen LogP contribution < -0.4 is 10.0 Å². The molecule has 1 amide bonds. The molecule has 1 aliphatic heterocycles. The largest absolute Gasteiger partial charge is 0.363 e. The molecule has 0 radical (unpaired) electrons. The van der Waals surface area contributed by atoms with Crippen molar-refractivity contribution < 1.29 is 13.2 Å². The SMILES string of the molecule is CN(C)c1cc(C(=O)N2CC(S(N)(=O)=O)C2)c2ccccc2n1. The molecule has 3 rings (SSSR count). The first kappa shape index (κ1) is 15.7. The van der Waals surface area contributed by atoms with E-state index in [2.05, 4.69) is 4.98 Å². The molecule has 8 heteroatoms. The van der Waals surface area contributed by atoms with Crippen LogP contribution >= 0.6 is 0 Å². The topological polar surface area (TPSA) is 96.6 Å². The van der Waals surface area contributed by atoms with Gasteiger partial charge in [-0.05, 0) is 12.1 Å². The zero-order valence-electron chi connectivity index (χ0n) is 12.9. The van der Waals surface area contributed by atoms with Gasteiger partial charge in [0.15, 0.2) is 0 Å². The number of nitrogens with two attached hydrogens (primary N) is 1. The van der Waals surface area contributed by atoms with Crippen LogP contribution in [0, 0.1) is 0 Å². The van der Waals surface area contributed by atoms with Crippen LogP contribution in [0.5, 0.6) is 0 Å². The molecule has 0 unspecified atom stereocenters. The lowest BCUT2D eigenvalue weighted by Crippen LogP contribution is -2.58. The number of pyridine rings is 1. The van der Waals surface area contributed by atoms with E-state index in [0.717, 1.165) is 10.9 Å². The molecule has 23 heavy (non-hydrogen) atoms. The second-order valence-corrected chi connectivity index (χ2v) is 7.71. The van der Waals surface area contributed by atoms with Crippen molar-refractivity contribution in [1.29, 1.82) is 0 Å². The number of nitrogens with zero attached hydrogens (tertiary/aromatic N) is 3. The van der Waals surface area contributed by atoms with E-state index >= 15 is 0 Å². The summed E-state index contributed by atoms with van der Waals surface area (Å²) in [4.78, 5) is 20.6. The molecule has 1 fully saturated rings. The van der Waals surface area contributed by atoms with Crippen LogP contribution in [0.2, 0.25) is 0 Å². The fraction of sp³-hybridized carbons (Fsp3) is 0.333. The molecular weight excluding hydrogens is 316 g/mol. The Kier molecular flexibility index (Phi) is 3.73. The Labute approximate surface area is 134 Å². The summed E-state index contributed by atoms with van der Waals surface area (Å²) in [7, 11) is 0.113. The molecule has 0 atom stereocenters. The molecule has 1 aromatic heterocycles. The van der Waals surface area contributed by atoms with E-state index in [0.29, 0.717) is 11.4 Å². The van der Waals surface area contributed by atoms with E-state index in [1.165, 1.54) is 4.90 Å². The van der Waals surface area contributed by atoms with Crippen LogP contribution in [0.3, 0.4) is 0 Å². The molecule has 0 spiro atoms. The highest BCUT2D eigenvalue weighted by Crippen LogP contribution is 2.26. The van der Waals surface area contributed by atoms with E-state index in [1.807, 2.05) is 43.3 Å². The van der Waals surface area contributed by atoms with Gasteiger partial charge in [-0.2, -0.15) is 0 Å². The van der Waals surface area contributed by atoms with Gasteiger partial charge in [-0.15, -0.1) is 0 Å². The summed E-state index contributed by atoms with van der Waals surface area (Å²) in [6.07, 6.45) is 0. The van der Waals surface area contributed by atoms with Gasteiger partial charge in [0.25, 0.3) is 5.91 Å². The minimum atomic E-state index is -3.59. The molecule has 2 aromatic rings. The molecule has 1 aliphatic rings. The van der Waals surface area contributed by atoms with Crippen molar-refractivity contribution in [2.24, 2.45) is 5.14 Å². The third kappa shape index (κ3) is 2.87. The number of anilines is 1. The van der Waals surface area contributed by atoms with E-state index in [-0.39, 0.29) is 19.0 Å². The lowest BCUT2D eigenvalue weighted by molar-refractivity contribution is 0.0661. The fourth-order valence-electron chi connectivity index (χ4n) is 2.55. The number of para-hydroxylation sites is 1. The molecule has 0 saturated carbocycles. The molecule has 2 heterocycles. The van der Waals surface area contributed by atoms with Gasteiger partial charge >= 0.3 is 0 Å². The molecule has 0 aliphatic carbocycles. The second-order valence-electron chi connectivity index (χ2n) is 5.86. The van der Waals surface area contributed by atoms with Gasteiger partial charge in [0.1, 0.15) is 11.1 Å². The average Bonchev–Trinajstić information content (AvgIpc) is 2.42. The predicted molar refractivity (Wildman–Crippen MR) is 88.9 cm³/mol. The Hall–Kier alpha value is -2.19. The van der Waals surface area contributed by atoms with E-state index in [9.17, 15) is 13.2 Å². The van der Waals surface area contributed by atoms with Crippen molar-refractivity contribution in [1.82, 2.24) is 9.88 Å². The zero-order valence-corrected chi connectivity index (χ0v) is 13.7. The highest BCUT2D eigenvalue weighted by Gasteiger charge is 2.38. The first-order valence-corrected chi connectivity index (χ1v) is 8.76. The number of sulfonamides is 1. The number of aromatic nitrogens is 1. The molecule has 2 N–H and O–H groups in total. The van der Waals surface area contributed by atoms with Crippen molar-refractivity contribution in [3.8, 4) is 0 Å². The van der Waals surface area contributed by atoms with Crippen LogP contribution in [-0.4, -0.2) is 56.6 Å². The number of benzene rings is 1. The second kappa shape index (κ2) is 5.47. The number of amides is 1. The van der Waals surface area contributed by atoms with Gasteiger partial charge in [-0.1, -0.05) is 18.2 Å². The van der Waals surface area contributed by atoms with Gasteiger partial charge in [0.2, 0.25) is 10.0 Å². The average molecular weight is 334 g/mol. The van der Waals surface area contributed by atoms with Crippen LogP contribution in [-0.2, 0) is 10.0 Å². The zero-order chi connectivity index (χ0) is 16.8. The van der Waals surface area contributed by atoms with Crippen LogP contribution in [0.1, 0.15) is 10.4 Å². The van der Waals surface area contributed by atoms with Crippen LogP contribution in [0.15, 0.2) is 30.3 Å². The number of rotatable bonds is 3. The van der Waals surface area contributed by atoms with E-state index in [4.69, 9.17) is 5.14 Å². The number of likely N-dealkylation sites (tertiary alicyclic amines) is 1. The summed E-state index contributed by atoms with van der Waals surface area (Å²) in [6.45, 7) is 0.261. The van der Waals surface area contributed by atoms with Crippen LogP contribution in [0.4, 0.5) is 5.82 Å². The number of carbonyl (C=O) groups excluding carboxylic acids is 1. The molecular formula is C15H18N4O3S. The summed E-state index contributed by atoms with van der Waals surface area (Å²) in [6, 6.07) is 9.13. The fourth-order valence-corrected chi connectivity index (χ4v) is 3.33. The molecule has 122 valence electrons. The van der Waals surface area contributed by atoms with Gasteiger partial charge < -0.3 is 9.80 Å². The quantitative estimate of drug-likeness (QED) is 0.877. The minimum absolute atomic E-state index is 0.131. The van der Waals surface area contributed by atoms with E-state index in [1.54, 1.807) is 6.07 Å². The highest BCUT2D eigenvalue weighted by atomic mass is 32.2. The van der Waals surface area contributed by atoms with Gasteiger partial charge in [0, 0.05) is 32.6 Å². The van der Waals surface area contributed by atoms with Gasteiger partial charge in [0.05, 0.1) is 11.1 Å². The lowest BCUT2D eigenvalue weighted by atomic mass is 10.1. The monoisotopic (exact) mass is 334 g/mol. The standard InChI is InChI=1S/C15H18N4O3S/c1-18(2)14-7-12(11-5-3-4-6-13(11)17-14)15(20)19-8-10(9-19)23(16,21)22/h3-7,10H,8-9H2,1-2H3,(H2,16,21,22). The Bertz CT molecular complexity index is 873. The van der Waals surface area contributed by atoms with Crippen molar-refractivity contribution >= 4 is 32.7 Å². The van der Waals surface area contributed by atoms with Gasteiger partial charge in [-0.3, -0.25) is 4.79 Å². The molecule has 1 aromatic carbocycles. The third-order valence-electron chi connectivity index (χ3n) is 3.99. The summed E-state index contributed by atoms with van der Waals surface area (Å²) in [5, 5.41) is 5.19. The number of primary sulfonamides is 1. The number of fused-ring (bicyclic) bond motifs is 1.